The number of hydrogen-bond donors (Lipinski definition) is 2. The molecule has 4 fully saturated rings. The first-order valence-corrected chi connectivity index (χ1v) is 9.45. The zero-order chi connectivity index (χ0) is 18.5. The monoisotopic (exact) mass is 382 g/mol. The van der Waals surface area contributed by atoms with Crippen LogP contribution in [0.15, 0.2) is 12.1 Å². The molecule has 0 aromatic heterocycles. The topological polar surface area (TPSA) is 58.2 Å². The van der Waals surface area contributed by atoms with E-state index in [-0.39, 0.29) is 21.9 Å². The van der Waals surface area contributed by atoms with Crippen molar-refractivity contribution >= 4 is 23.4 Å². The van der Waals surface area contributed by atoms with Crippen LogP contribution in [0, 0.1) is 34.8 Å². The Morgan fingerprint density at radius 2 is 1.54 bits per heavy atom. The number of amides is 2. The van der Waals surface area contributed by atoms with E-state index < -0.39 is 17.5 Å². The lowest BCUT2D eigenvalue weighted by Gasteiger charge is -2.56. The quantitative estimate of drug-likeness (QED) is 0.613. The lowest BCUT2D eigenvalue weighted by molar-refractivity contribution is -0.130. The molecule has 140 valence electrons. The Morgan fingerprint density at radius 3 is 2.12 bits per heavy atom. The van der Waals surface area contributed by atoms with Crippen molar-refractivity contribution < 1.29 is 18.4 Å². The summed E-state index contributed by atoms with van der Waals surface area (Å²) in [5.74, 6) is -1.09. The molecule has 1 aromatic carbocycles. The average Bonchev–Trinajstić information content (AvgIpc) is 2.54. The van der Waals surface area contributed by atoms with Crippen molar-refractivity contribution in [3.8, 4) is 0 Å². The van der Waals surface area contributed by atoms with Gasteiger partial charge in [0.15, 0.2) is 11.6 Å². The summed E-state index contributed by atoms with van der Waals surface area (Å²) in [6.45, 7) is 0. The van der Waals surface area contributed by atoms with Gasteiger partial charge in [-0.2, -0.15) is 0 Å². The Morgan fingerprint density at radius 1 is 1.00 bits per heavy atom. The first-order valence-electron chi connectivity index (χ1n) is 9.07. The maximum absolute atomic E-state index is 13.3. The molecule has 0 spiro atoms. The van der Waals surface area contributed by atoms with Gasteiger partial charge in [0.1, 0.15) is 0 Å². The fourth-order valence-electron chi connectivity index (χ4n) is 5.78. The highest BCUT2D eigenvalue weighted by molar-refractivity contribution is 6.33. The number of hydrogen-bond acceptors (Lipinski definition) is 2. The van der Waals surface area contributed by atoms with Gasteiger partial charge >= 0.3 is 0 Å². The summed E-state index contributed by atoms with van der Waals surface area (Å²) in [4.78, 5) is 24.5. The normalized spacial score (nSPS) is 31.7. The molecule has 2 amide bonds. The van der Waals surface area contributed by atoms with Gasteiger partial charge in [-0.25, -0.2) is 8.78 Å². The molecule has 4 aliphatic rings. The van der Waals surface area contributed by atoms with E-state index in [4.69, 9.17) is 11.6 Å². The van der Waals surface area contributed by atoms with Crippen LogP contribution < -0.4 is 10.9 Å². The molecule has 0 radical (unpaired) electrons. The number of carbonyl (C=O) groups is 2. The van der Waals surface area contributed by atoms with Crippen molar-refractivity contribution in [3.05, 3.63) is 34.4 Å². The number of halogens is 3. The number of hydrazine groups is 1. The minimum absolute atomic E-state index is 0.0587. The minimum atomic E-state index is -1.17. The van der Waals surface area contributed by atoms with E-state index in [2.05, 4.69) is 10.9 Å². The third kappa shape index (κ3) is 3.31. The molecule has 2 N–H and O–H groups in total. The van der Waals surface area contributed by atoms with E-state index in [1.165, 1.54) is 19.3 Å². The molecule has 26 heavy (non-hydrogen) atoms. The molecule has 0 heterocycles. The van der Waals surface area contributed by atoms with Crippen LogP contribution in [0.3, 0.4) is 0 Å². The van der Waals surface area contributed by atoms with Crippen LogP contribution in [0.2, 0.25) is 5.02 Å². The minimum Gasteiger partial charge on any atom is -0.273 e. The smallest absolute Gasteiger partial charge is 0.271 e. The molecule has 4 saturated carbocycles. The standard InChI is InChI=1S/C19H21ClF2N2O2/c20-14-5-16(22)15(21)4-13(14)18(26)24-23-17(25)9-19-6-10-1-11(7-19)3-12(2-10)8-19/h4-5,10-12H,1-3,6-9H2,(H,23,25)(H,24,26). The lowest BCUT2D eigenvalue weighted by Crippen LogP contribution is -2.50. The third-order valence-electron chi connectivity index (χ3n) is 6.27. The van der Waals surface area contributed by atoms with Gasteiger partial charge in [-0.1, -0.05) is 11.6 Å². The van der Waals surface area contributed by atoms with Crippen LogP contribution in [-0.4, -0.2) is 11.8 Å². The number of carbonyl (C=O) groups excluding carboxylic acids is 2. The Balaban J connectivity index is 1.36. The average molecular weight is 383 g/mol. The molecule has 0 atom stereocenters. The van der Waals surface area contributed by atoms with Crippen LogP contribution in [0.5, 0.6) is 0 Å². The first kappa shape index (κ1) is 17.7. The Kier molecular flexibility index (Phi) is 4.41. The van der Waals surface area contributed by atoms with Crippen molar-refractivity contribution in [2.45, 2.75) is 44.9 Å². The second-order valence-electron chi connectivity index (χ2n) is 8.34. The van der Waals surface area contributed by atoms with Crippen LogP contribution in [-0.2, 0) is 4.79 Å². The second kappa shape index (κ2) is 6.48. The number of benzene rings is 1. The van der Waals surface area contributed by atoms with Crippen molar-refractivity contribution in [2.24, 2.45) is 23.2 Å². The van der Waals surface area contributed by atoms with Gasteiger partial charge in [0.05, 0.1) is 10.6 Å². The first-order chi connectivity index (χ1) is 12.3. The molecule has 1 aromatic rings. The highest BCUT2D eigenvalue weighted by Crippen LogP contribution is 2.61. The van der Waals surface area contributed by atoms with Gasteiger partial charge in [-0.3, -0.25) is 20.4 Å². The van der Waals surface area contributed by atoms with Crippen molar-refractivity contribution in [1.29, 1.82) is 0 Å². The van der Waals surface area contributed by atoms with Crippen molar-refractivity contribution in [3.63, 3.8) is 0 Å². The highest BCUT2D eigenvalue weighted by atomic mass is 35.5. The predicted octanol–water partition coefficient (Wildman–Crippen LogP) is 3.99. The summed E-state index contributed by atoms with van der Waals surface area (Å²) >= 11 is 5.78. The summed E-state index contributed by atoms with van der Waals surface area (Å²) in [7, 11) is 0. The van der Waals surface area contributed by atoms with Crippen LogP contribution >= 0.6 is 11.6 Å². The van der Waals surface area contributed by atoms with Gasteiger partial charge in [-0.15, -0.1) is 0 Å². The fraction of sp³-hybridized carbons (Fsp3) is 0.579. The van der Waals surface area contributed by atoms with E-state index >= 15 is 0 Å². The van der Waals surface area contributed by atoms with Crippen LogP contribution in [0.4, 0.5) is 8.78 Å². The fourth-order valence-corrected chi connectivity index (χ4v) is 6.02. The molecular weight excluding hydrogens is 362 g/mol. The Labute approximate surface area is 155 Å². The molecule has 5 rings (SSSR count). The molecule has 4 bridgehead atoms. The van der Waals surface area contributed by atoms with E-state index in [0.717, 1.165) is 49.1 Å². The van der Waals surface area contributed by atoms with Gasteiger partial charge < -0.3 is 0 Å². The van der Waals surface area contributed by atoms with Gasteiger partial charge in [0, 0.05) is 6.42 Å². The molecule has 0 aliphatic heterocycles. The lowest BCUT2D eigenvalue weighted by atomic mass is 9.49. The predicted molar refractivity (Wildman–Crippen MR) is 92.2 cm³/mol. The van der Waals surface area contributed by atoms with Crippen LogP contribution in [0.25, 0.3) is 0 Å². The Bertz CT molecular complexity index is 733. The molecule has 4 nitrogen and oxygen atoms in total. The highest BCUT2D eigenvalue weighted by Gasteiger charge is 2.51. The Hall–Kier alpha value is -1.69. The summed E-state index contributed by atoms with van der Waals surface area (Å²) in [5.41, 5.74) is 4.50. The SMILES string of the molecule is O=C(CC12CC3CC(CC(C3)C1)C2)NNC(=O)c1cc(F)c(F)cc1Cl. The van der Waals surface area contributed by atoms with E-state index in [0.29, 0.717) is 6.42 Å². The van der Waals surface area contributed by atoms with E-state index in [9.17, 15) is 18.4 Å². The number of rotatable bonds is 3. The van der Waals surface area contributed by atoms with Crippen molar-refractivity contribution in [1.82, 2.24) is 10.9 Å². The summed E-state index contributed by atoms with van der Waals surface area (Å²) in [5, 5.41) is -0.211. The summed E-state index contributed by atoms with van der Waals surface area (Å²) in [6, 6.07) is 1.46. The van der Waals surface area contributed by atoms with Gasteiger partial charge in [-0.05, 0) is 73.8 Å². The van der Waals surface area contributed by atoms with Crippen LogP contribution in [0.1, 0.15) is 55.3 Å². The maximum Gasteiger partial charge on any atom is 0.271 e. The molecule has 0 saturated heterocycles. The zero-order valence-electron chi connectivity index (χ0n) is 14.3. The third-order valence-corrected chi connectivity index (χ3v) is 6.58. The largest absolute Gasteiger partial charge is 0.273 e. The second-order valence-corrected chi connectivity index (χ2v) is 8.75. The molecule has 7 heteroatoms. The number of nitrogens with one attached hydrogen (secondary N) is 2. The summed E-state index contributed by atoms with van der Waals surface area (Å²) in [6.07, 6.45) is 7.56. The van der Waals surface area contributed by atoms with Gasteiger partial charge in [0.2, 0.25) is 5.91 Å². The van der Waals surface area contributed by atoms with Crippen molar-refractivity contribution in [2.75, 3.05) is 0 Å². The van der Waals surface area contributed by atoms with E-state index in [1.54, 1.807) is 0 Å². The molecule has 0 unspecified atom stereocenters. The van der Waals surface area contributed by atoms with Gasteiger partial charge in [0.25, 0.3) is 5.91 Å². The summed E-state index contributed by atoms with van der Waals surface area (Å²) < 4.78 is 26.4. The zero-order valence-corrected chi connectivity index (χ0v) is 15.0. The molecular formula is C19H21ClF2N2O2. The maximum atomic E-state index is 13.3. The van der Waals surface area contributed by atoms with E-state index in [1.807, 2.05) is 0 Å². The molecule has 4 aliphatic carbocycles.